The van der Waals surface area contributed by atoms with E-state index in [0.29, 0.717) is 23.2 Å². The van der Waals surface area contributed by atoms with Gasteiger partial charge in [0.25, 0.3) is 0 Å². The maximum absolute atomic E-state index is 6.37. The molecule has 0 amide bonds. The zero-order chi connectivity index (χ0) is 35.1. The molecule has 0 radical (unpaired) electrons. The SMILES string of the molecule is c1ccc(-c2nc(-c3ccc(-c4ccc5nc(-c6cccnc6)c(-c6ccccn6)nc5c4)cc3)nc(-c3cccc4c3oc3ccccc34)n2)cc1. The van der Waals surface area contributed by atoms with Crippen LogP contribution in [0, 0.1) is 0 Å². The van der Waals surface area contributed by atoms with Gasteiger partial charge in [0.15, 0.2) is 17.5 Å². The summed E-state index contributed by atoms with van der Waals surface area (Å²) in [7, 11) is 0. The van der Waals surface area contributed by atoms with E-state index in [2.05, 4.69) is 46.4 Å². The number of aromatic nitrogens is 7. The number of rotatable bonds is 6. The quantitative estimate of drug-likeness (QED) is 0.171. The highest BCUT2D eigenvalue weighted by atomic mass is 16.3. The first-order chi connectivity index (χ1) is 26.2. The topological polar surface area (TPSA) is 103 Å². The Balaban J connectivity index is 1.06. The lowest BCUT2D eigenvalue weighted by Crippen LogP contribution is -2.00. The van der Waals surface area contributed by atoms with Crippen molar-refractivity contribution in [2.24, 2.45) is 0 Å². The first-order valence-corrected chi connectivity index (χ1v) is 17.2. The van der Waals surface area contributed by atoms with Crippen molar-refractivity contribution in [2.75, 3.05) is 0 Å². The van der Waals surface area contributed by atoms with Gasteiger partial charge in [0.1, 0.15) is 22.6 Å². The molecule has 0 unspecified atom stereocenters. The second kappa shape index (κ2) is 12.7. The lowest BCUT2D eigenvalue weighted by Gasteiger charge is -2.11. The molecule has 0 spiro atoms. The van der Waals surface area contributed by atoms with Gasteiger partial charge in [-0.05, 0) is 59.7 Å². The molecule has 0 aliphatic rings. The van der Waals surface area contributed by atoms with Crippen LogP contribution in [0.2, 0.25) is 0 Å². The Hall–Kier alpha value is -7.45. The minimum Gasteiger partial charge on any atom is -0.455 e. The maximum Gasteiger partial charge on any atom is 0.167 e. The molecule has 5 aromatic heterocycles. The highest BCUT2D eigenvalue weighted by Crippen LogP contribution is 2.36. The predicted molar refractivity (Wildman–Crippen MR) is 208 cm³/mol. The van der Waals surface area contributed by atoms with Gasteiger partial charge in [-0.1, -0.05) is 97.1 Å². The van der Waals surface area contributed by atoms with Crippen LogP contribution in [-0.4, -0.2) is 34.9 Å². The van der Waals surface area contributed by atoms with Crippen molar-refractivity contribution < 1.29 is 4.42 Å². The minimum atomic E-state index is 0.546. The Morgan fingerprint density at radius 3 is 1.92 bits per heavy atom. The second-order valence-electron chi connectivity index (χ2n) is 12.6. The molecule has 10 rings (SSSR count). The summed E-state index contributed by atoms with van der Waals surface area (Å²) in [5.41, 5.74) is 10.8. The first-order valence-electron chi connectivity index (χ1n) is 17.2. The monoisotopic (exact) mass is 681 g/mol. The van der Waals surface area contributed by atoms with Gasteiger partial charge >= 0.3 is 0 Å². The highest BCUT2D eigenvalue weighted by molar-refractivity contribution is 6.09. The summed E-state index contributed by atoms with van der Waals surface area (Å²) in [6, 6.07) is 48.2. The first kappa shape index (κ1) is 30.4. The molecule has 0 saturated carbocycles. The summed E-state index contributed by atoms with van der Waals surface area (Å²) in [5, 5.41) is 2.07. The van der Waals surface area contributed by atoms with E-state index in [4.69, 9.17) is 29.3 Å². The molecule has 5 heterocycles. The van der Waals surface area contributed by atoms with E-state index in [1.165, 1.54) is 0 Å². The molecular weight excluding hydrogens is 655 g/mol. The summed E-state index contributed by atoms with van der Waals surface area (Å²) in [5.74, 6) is 1.70. The van der Waals surface area contributed by atoms with Gasteiger partial charge in [0, 0.05) is 46.1 Å². The van der Waals surface area contributed by atoms with E-state index in [1.54, 1.807) is 18.6 Å². The van der Waals surface area contributed by atoms with Crippen LogP contribution in [0.25, 0.3) is 101 Å². The standard InChI is InChI=1S/C45H27N7O/c1-2-10-29(11-3-1)43-50-44(52-45(51-43)35-15-8-14-34-33-13-4-5-17-39(33)53-42(34)35)30-20-18-28(19-21-30)31-22-23-36-38(26-31)49-41(37-16-6-7-25-47-37)40(48-36)32-12-9-24-46-27-32/h1-27H. The van der Waals surface area contributed by atoms with E-state index in [-0.39, 0.29) is 0 Å². The molecule has 0 aliphatic heterocycles. The third-order valence-electron chi connectivity index (χ3n) is 9.30. The maximum atomic E-state index is 6.37. The number of furan rings is 1. The Morgan fingerprint density at radius 1 is 0.415 bits per heavy atom. The molecule has 0 saturated heterocycles. The van der Waals surface area contributed by atoms with Crippen molar-refractivity contribution in [1.29, 1.82) is 0 Å². The number of benzene rings is 5. The third-order valence-corrected chi connectivity index (χ3v) is 9.30. The Bertz CT molecular complexity index is 2930. The fourth-order valence-corrected chi connectivity index (χ4v) is 6.70. The fourth-order valence-electron chi connectivity index (χ4n) is 6.70. The Morgan fingerprint density at radius 2 is 1.11 bits per heavy atom. The third kappa shape index (κ3) is 5.55. The zero-order valence-electron chi connectivity index (χ0n) is 28.1. The summed E-state index contributed by atoms with van der Waals surface area (Å²) >= 11 is 0. The van der Waals surface area contributed by atoms with Crippen molar-refractivity contribution in [2.45, 2.75) is 0 Å². The van der Waals surface area contributed by atoms with Crippen molar-refractivity contribution in [1.82, 2.24) is 34.9 Å². The number of pyridine rings is 2. The number of hydrogen-bond donors (Lipinski definition) is 0. The van der Waals surface area contributed by atoms with Crippen LogP contribution in [0.1, 0.15) is 0 Å². The van der Waals surface area contributed by atoms with Crippen molar-refractivity contribution >= 4 is 33.0 Å². The molecule has 5 aromatic carbocycles. The molecule has 0 atom stereocenters. The molecular formula is C45H27N7O. The van der Waals surface area contributed by atoms with Crippen molar-refractivity contribution in [3.63, 3.8) is 0 Å². The molecule has 10 aromatic rings. The van der Waals surface area contributed by atoms with Crippen molar-refractivity contribution in [3.8, 4) is 67.9 Å². The lowest BCUT2D eigenvalue weighted by atomic mass is 10.0. The van der Waals surface area contributed by atoms with Gasteiger partial charge in [-0.15, -0.1) is 0 Å². The summed E-state index contributed by atoms with van der Waals surface area (Å²) in [6.07, 6.45) is 5.32. The Labute approximate surface area is 303 Å². The van der Waals surface area contributed by atoms with Crippen LogP contribution >= 0.6 is 0 Å². The number of fused-ring (bicyclic) bond motifs is 4. The largest absolute Gasteiger partial charge is 0.455 e. The smallest absolute Gasteiger partial charge is 0.167 e. The van der Waals surface area contributed by atoms with Gasteiger partial charge < -0.3 is 4.42 Å². The molecule has 0 bridgehead atoms. The van der Waals surface area contributed by atoms with Crippen LogP contribution in [0.4, 0.5) is 0 Å². The molecule has 248 valence electrons. The molecule has 0 N–H and O–H groups in total. The zero-order valence-corrected chi connectivity index (χ0v) is 28.1. The molecule has 53 heavy (non-hydrogen) atoms. The van der Waals surface area contributed by atoms with Gasteiger partial charge in [0.05, 0.1) is 22.3 Å². The minimum absolute atomic E-state index is 0.546. The van der Waals surface area contributed by atoms with E-state index in [0.717, 1.165) is 77.7 Å². The van der Waals surface area contributed by atoms with Gasteiger partial charge in [-0.3, -0.25) is 9.97 Å². The summed E-state index contributed by atoms with van der Waals surface area (Å²) in [6.45, 7) is 0. The van der Waals surface area contributed by atoms with E-state index in [9.17, 15) is 0 Å². The molecule has 8 heteroatoms. The van der Waals surface area contributed by atoms with Crippen LogP contribution in [-0.2, 0) is 0 Å². The van der Waals surface area contributed by atoms with Gasteiger partial charge in [-0.2, -0.15) is 0 Å². The average molecular weight is 682 g/mol. The van der Waals surface area contributed by atoms with Crippen LogP contribution in [0.5, 0.6) is 0 Å². The number of para-hydroxylation sites is 2. The van der Waals surface area contributed by atoms with Gasteiger partial charge in [0.2, 0.25) is 0 Å². The van der Waals surface area contributed by atoms with Crippen LogP contribution in [0.15, 0.2) is 169 Å². The number of nitrogens with zero attached hydrogens (tertiary/aromatic N) is 7. The predicted octanol–water partition coefficient (Wildman–Crippen LogP) is 10.5. The lowest BCUT2D eigenvalue weighted by molar-refractivity contribution is 0.669. The summed E-state index contributed by atoms with van der Waals surface area (Å²) < 4.78 is 6.37. The number of hydrogen-bond acceptors (Lipinski definition) is 8. The highest BCUT2D eigenvalue weighted by Gasteiger charge is 2.18. The van der Waals surface area contributed by atoms with Crippen molar-refractivity contribution in [3.05, 3.63) is 164 Å². The molecule has 0 fully saturated rings. The van der Waals surface area contributed by atoms with E-state index < -0.39 is 0 Å². The van der Waals surface area contributed by atoms with Crippen LogP contribution in [0.3, 0.4) is 0 Å². The molecule has 8 nitrogen and oxygen atoms in total. The van der Waals surface area contributed by atoms with E-state index >= 15 is 0 Å². The van der Waals surface area contributed by atoms with Crippen LogP contribution < -0.4 is 0 Å². The summed E-state index contributed by atoms with van der Waals surface area (Å²) in [4.78, 5) is 34.0. The van der Waals surface area contributed by atoms with Gasteiger partial charge in [-0.25, -0.2) is 24.9 Å². The molecule has 0 aliphatic carbocycles. The second-order valence-corrected chi connectivity index (χ2v) is 12.6. The fraction of sp³-hybridized carbons (Fsp3) is 0. The van der Waals surface area contributed by atoms with E-state index in [1.807, 2.05) is 109 Å². The average Bonchev–Trinajstić information content (AvgIpc) is 3.63. The normalized spacial score (nSPS) is 11.4. The Kier molecular flexibility index (Phi) is 7.28.